The lowest BCUT2D eigenvalue weighted by molar-refractivity contribution is -0.870. The van der Waals surface area contributed by atoms with Crippen molar-refractivity contribution in [2.45, 2.75) is 26.7 Å². The molecule has 3 atom stereocenters. The number of carbonyl (C=O) groups is 2. The Balaban J connectivity index is 0.00000220. The minimum Gasteiger partial charge on any atom is -1.00 e. The molecule has 2 aliphatic rings. The van der Waals surface area contributed by atoms with E-state index in [9.17, 15) is 9.59 Å². The van der Waals surface area contributed by atoms with E-state index in [2.05, 4.69) is 41.1 Å². The van der Waals surface area contributed by atoms with E-state index in [0.717, 1.165) is 23.9 Å². The second-order valence-corrected chi connectivity index (χ2v) is 7.40. The zero-order valence-electron chi connectivity index (χ0n) is 13.7. The van der Waals surface area contributed by atoms with Crippen LogP contribution in [-0.2, 0) is 9.59 Å². The number of carbonyl (C=O) groups excluding carboxylic acids is 2. The molecule has 1 fully saturated rings. The van der Waals surface area contributed by atoms with Crippen molar-refractivity contribution in [3.63, 3.8) is 0 Å². The van der Waals surface area contributed by atoms with Gasteiger partial charge in [0.2, 0.25) is 11.8 Å². The maximum absolute atomic E-state index is 12.5. The van der Waals surface area contributed by atoms with Gasteiger partial charge in [0.05, 0.1) is 39.5 Å². The number of imide groups is 1. The molecule has 0 bridgehead atoms. The molecule has 1 saturated heterocycles. The van der Waals surface area contributed by atoms with Gasteiger partial charge in [-0.2, -0.15) is 0 Å². The van der Waals surface area contributed by atoms with Crippen molar-refractivity contribution in [2.24, 2.45) is 17.8 Å². The van der Waals surface area contributed by atoms with Gasteiger partial charge < -0.3 is 28.5 Å². The van der Waals surface area contributed by atoms with Gasteiger partial charge in [0, 0.05) is 13.0 Å². The van der Waals surface area contributed by atoms with Gasteiger partial charge in [-0.3, -0.25) is 14.5 Å². The van der Waals surface area contributed by atoms with Gasteiger partial charge in [-0.15, -0.1) is 0 Å². The van der Waals surface area contributed by atoms with Crippen molar-refractivity contribution in [1.82, 2.24) is 4.90 Å². The van der Waals surface area contributed by atoms with E-state index in [1.165, 1.54) is 10.5 Å². The average Bonchev–Trinajstić information content (AvgIpc) is 2.52. The highest BCUT2D eigenvalue weighted by Gasteiger charge is 2.50. The minimum atomic E-state index is -0.115. The molecule has 5 heteroatoms. The second kappa shape index (κ2) is 6.77. The van der Waals surface area contributed by atoms with Crippen LogP contribution in [0.5, 0.6) is 0 Å². The first-order valence-electron chi connectivity index (χ1n) is 7.53. The van der Waals surface area contributed by atoms with Gasteiger partial charge in [0.1, 0.15) is 0 Å². The number of hydrogen-bond donors (Lipinski definition) is 0. The van der Waals surface area contributed by atoms with Crippen molar-refractivity contribution in [3.8, 4) is 0 Å². The number of rotatable bonds is 4. The van der Waals surface area contributed by atoms with E-state index >= 15 is 0 Å². The molecule has 1 aliphatic heterocycles. The number of quaternary nitrogens is 1. The fourth-order valence-corrected chi connectivity index (χ4v) is 3.51. The van der Waals surface area contributed by atoms with Gasteiger partial charge in [0.25, 0.3) is 0 Å². The fourth-order valence-electron chi connectivity index (χ4n) is 3.51. The summed E-state index contributed by atoms with van der Waals surface area (Å²) in [6.07, 6.45) is 3.79. The van der Waals surface area contributed by atoms with Crippen molar-refractivity contribution in [1.29, 1.82) is 0 Å². The maximum Gasteiger partial charge on any atom is 0.233 e. The Labute approximate surface area is 145 Å². The molecule has 4 nitrogen and oxygen atoms in total. The lowest BCUT2D eigenvalue weighted by Crippen LogP contribution is -3.00. The molecular weight excluding hydrogens is 379 g/mol. The number of fused-ring (bicyclic) bond motifs is 1. The number of allylic oxidation sites excluding steroid dienone is 2. The van der Waals surface area contributed by atoms with Crippen LogP contribution in [0.3, 0.4) is 0 Å². The maximum atomic E-state index is 12.5. The minimum absolute atomic E-state index is 0. The molecule has 0 N–H and O–H groups in total. The van der Waals surface area contributed by atoms with Crippen LogP contribution in [0.1, 0.15) is 26.7 Å². The van der Waals surface area contributed by atoms with Crippen molar-refractivity contribution in [3.05, 3.63) is 11.6 Å². The summed E-state index contributed by atoms with van der Waals surface area (Å²) in [4.78, 5) is 26.5. The third-order valence-electron chi connectivity index (χ3n) is 4.43. The summed E-state index contributed by atoms with van der Waals surface area (Å²) in [5, 5.41) is 0. The van der Waals surface area contributed by atoms with Crippen LogP contribution in [0.2, 0.25) is 0 Å². The molecule has 0 spiro atoms. The van der Waals surface area contributed by atoms with E-state index in [1.54, 1.807) is 0 Å². The molecule has 120 valence electrons. The van der Waals surface area contributed by atoms with Crippen LogP contribution in [0, 0.1) is 17.8 Å². The fraction of sp³-hybridized carbons (Fsp3) is 0.750. The van der Waals surface area contributed by atoms with Crippen molar-refractivity contribution < 1.29 is 38.0 Å². The highest BCUT2D eigenvalue weighted by molar-refractivity contribution is 6.05. The molecule has 1 aliphatic carbocycles. The number of halogens is 1. The van der Waals surface area contributed by atoms with Crippen LogP contribution in [0.4, 0.5) is 0 Å². The molecule has 0 radical (unpaired) electrons. The lowest BCUT2D eigenvalue weighted by atomic mass is 9.76. The SMILES string of the molecule is CC1=CC(C)[C@H]2C(=O)N(CCC[N+](C)(C)C)C(=O)[C@H]2C1.[I-]. The van der Waals surface area contributed by atoms with E-state index in [1.807, 2.05) is 0 Å². The van der Waals surface area contributed by atoms with Crippen molar-refractivity contribution >= 4 is 11.8 Å². The Hall–Kier alpha value is -0.430. The normalized spacial score (nSPS) is 29.1. The Morgan fingerprint density at radius 3 is 2.43 bits per heavy atom. The first-order valence-corrected chi connectivity index (χ1v) is 7.53. The summed E-state index contributed by atoms with van der Waals surface area (Å²) in [7, 11) is 6.38. The first kappa shape index (κ1) is 18.6. The van der Waals surface area contributed by atoms with Crippen LogP contribution in [0.25, 0.3) is 0 Å². The summed E-state index contributed by atoms with van der Waals surface area (Å²) < 4.78 is 0.861. The standard InChI is InChI=1S/C16H27N2O2.HI/c1-11-9-12(2)14-13(10-11)15(19)17(16(14)20)7-6-8-18(3,4)5;/h9,12-14H,6-8,10H2,1-5H3;1H/q+1;/p-1/t12?,13-,14+;/m0./s1. The molecule has 0 aromatic rings. The van der Waals surface area contributed by atoms with E-state index in [4.69, 9.17) is 0 Å². The van der Waals surface area contributed by atoms with E-state index in [-0.39, 0.29) is 53.5 Å². The molecule has 0 saturated carbocycles. The summed E-state index contributed by atoms with van der Waals surface area (Å²) in [5.74, 6) is 0.0777. The number of amides is 2. The Morgan fingerprint density at radius 1 is 1.24 bits per heavy atom. The molecule has 2 amide bonds. The lowest BCUT2D eigenvalue weighted by Gasteiger charge is -2.25. The highest BCUT2D eigenvalue weighted by Crippen LogP contribution is 2.40. The zero-order chi connectivity index (χ0) is 15.1. The Morgan fingerprint density at radius 2 is 1.86 bits per heavy atom. The highest BCUT2D eigenvalue weighted by atomic mass is 127. The second-order valence-electron chi connectivity index (χ2n) is 7.40. The molecule has 2 rings (SSSR count). The smallest absolute Gasteiger partial charge is 0.233 e. The Bertz CT molecular complexity index is 454. The molecule has 21 heavy (non-hydrogen) atoms. The number of nitrogens with zero attached hydrogens (tertiary/aromatic N) is 2. The van der Waals surface area contributed by atoms with Crippen LogP contribution in [0.15, 0.2) is 11.6 Å². The molecule has 0 aromatic heterocycles. The summed E-state index contributed by atoms with van der Waals surface area (Å²) >= 11 is 0. The van der Waals surface area contributed by atoms with Gasteiger partial charge >= 0.3 is 0 Å². The van der Waals surface area contributed by atoms with Gasteiger partial charge in [-0.05, 0) is 19.3 Å². The summed E-state index contributed by atoms with van der Waals surface area (Å²) in [6.45, 7) is 5.66. The zero-order valence-corrected chi connectivity index (χ0v) is 15.9. The number of likely N-dealkylation sites (tertiary alicyclic amines) is 1. The predicted octanol–water partition coefficient (Wildman–Crippen LogP) is -1.33. The topological polar surface area (TPSA) is 37.4 Å². The van der Waals surface area contributed by atoms with Gasteiger partial charge in [0.15, 0.2) is 0 Å². The monoisotopic (exact) mass is 406 g/mol. The predicted molar refractivity (Wildman–Crippen MR) is 78.8 cm³/mol. The quantitative estimate of drug-likeness (QED) is 0.251. The molecule has 1 unspecified atom stereocenters. The average molecular weight is 406 g/mol. The molecular formula is C16H27IN2O2. The largest absolute Gasteiger partial charge is 1.00 e. The molecule has 1 heterocycles. The van der Waals surface area contributed by atoms with Crippen LogP contribution in [-0.4, -0.2) is 55.4 Å². The summed E-state index contributed by atoms with van der Waals surface area (Å²) in [6, 6.07) is 0. The van der Waals surface area contributed by atoms with Crippen molar-refractivity contribution in [2.75, 3.05) is 34.2 Å². The number of hydrogen-bond acceptors (Lipinski definition) is 2. The van der Waals surface area contributed by atoms with E-state index in [0.29, 0.717) is 6.54 Å². The van der Waals surface area contributed by atoms with Crippen LogP contribution >= 0.6 is 0 Å². The Kier molecular flexibility index (Phi) is 6.00. The van der Waals surface area contributed by atoms with Gasteiger partial charge in [-0.25, -0.2) is 0 Å². The third-order valence-corrected chi connectivity index (χ3v) is 4.43. The van der Waals surface area contributed by atoms with Crippen LogP contribution < -0.4 is 24.0 Å². The van der Waals surface area contributed by atoms with Gasteiger partial charge in [-0.1, -0.05) is 18.6 Å². The molecule has 0 aromatic carbocycles. The summed E-state index contributed by atoms with van der Waals surface area (Å²) in [5.41, 5.74) is 1.24. The van der Waals surface area contributed by atoms with E-state index < -0.39 is 0 Å². The third kappa shape index (κ3) is 4.06. The first-order chi connectivity index (χ1) is 9.20.